The van der Waals surface area contributed by atoms with Gasteiger partial charge in [0.1, 0.15) is 0 Å². The van der Waals surface area contributed by atoms with Gasteiger partial charge < -0.3 is 5.32 Å². The van der Waals surface area contributed by atoms with Crippen LogP contribution in [0.1, 0.15) is 6.42 Å². The Kier molecular flexibility index (Phi) is 4.23. The maximum Gasteiger partial charge on any atom is 0.230 e. The van der Waals surface area contributed by atoms with E-state index in [4.69, 9.17) is 0 Å². The van der Waals surface area contributed by atoms with Crippen molar-refractivity contribution in [2.45, 2.75) is 17.5 Å². The van der Waals surface area contributed by atoms with Crippen LogP contribution < -0.4 is 5.32 Å². The molecule has 1 fully saturated rings. The lowest BCUT2D eigenvalue weighted by atomic mass is 10.3. The summed E-state index contributed by atoms with van der Waals surface area (Å²) < 4.78 is 22.5. The third-order valence-electron chi connectivity index (χ3n) is 2.59. The zero-order valence-electron chi connectivity index (χ0n) is 9.70. The van der Waals surface area contributed by atoms with Gasteiger partial charge in [0.2, 0.25) is 5.91 Å². The number of nitrogens with one attached hydrogen (secondary N) is 1. The van der Waals surface area contributed by atoms with E-state index in [1.54, 1.807) is 6.20 Å². The number of pyridine rings is 1. The van der Waals surface area contributed by atoms with Gasteiger partial charge in [-0.3, -0.25) is 4.79 Å². The minimum absolute atomic E-state index is 0.0625. The molecule has 2 heterocycles. The Hall–Kier alpha value is -1.08. The highest BCUT2D eigenvalue weighted by atomic mass is 32.2. The second-order valence-corrected chi connectivity index (χ2v) is 7.35. The van der Waals surface area contributed by atoms with Crippen LogP contribution in [0.3, 0.4) is 0 Å². The Morgan fingerprint density at radius 2 is 2.33 bits per heavy atom. The molecule has 1 amide bonds. The van der Waals surface area contributed by atoms with E-state index in [0.717, 1.165) is 5.03 Å². The fourth-order valence-electron chi connectivity index (χ4n) is 1.75. The van der Waals surface area contributed by atoms with E-state index in [0.29, 0.717) is 6.42 Å². The van der Waals surface area contributed by atoms with Crippen LogP contribution in [0.25, 0.3) is 0 Å². The van der Waals surface area contributed by atoms with Crippen LogP contribution in [0.5, 0.6) is 0 Å². The molecule has 7 heteroatoms. The van der Waals surface area contributed by atoms with E-state index in [-0.39, 0.29) is 29.2 Å². The van der Waals surface area contributed by atoms with E-state index in [2.05, 4.69) is 10.3 Å². The fraction of sp³-hybridized carbons (Fsp3) is 0.455. The van der Waals surface area contributed by atoms with Crippen molar-refractivity contribution in [1.29, 1.82) is 0 Å². The molecule has 0 aliphatic carbocycles. The summed E-state index contributed by atoms with van der Waals surface area (Å²) in [5.74, 6) is 0.346. The predicted molar refractivity (Wildman–Crippen MR) is 70.2 cm³/mol. The lowest BCUT2D eigenvalue weighted by Crippen LogP contribution is -2.36. The zero-order chi connectivity index (χ0) is 13.0. The second kappa shape index (κ2) is 5.71. The minimum atomic E-state index is -2.94. The van der Waals surface area contributed by atoms with Crippen molar-refractivity contribution in [1.82, 2.24) is 10.3 Å². The summed E-state index contributed by atoms with van der Waals surface area (Å²) >= 11 is 1.34. The summed E-state index contributed by atoms with van der Waals surface area (Å²) in [5, 5.41) is 3.52. The number of hydrogen-bond donors (Lipinski definition) is 1. The molecule has 0 aromatic carbocycles. The molecule has 1 unspecified atom stereocenters. The maximum atomic E-state index is 11.6. The number of amides is 1. The average molecular weight is 286 g/mol. The molecule has 0 spiro atoms. The number of rotatable bonds is 4. The normalized spacial score (nSPS) is 21.7. The zero-order valence-corrected chi connectivity index (χ0v) is 11.3. The highest BCUT2D eigenvalue weighted by molar-refractivity contribution is 7.99. The number of carbonyl (C=O) groups is 1. The van der Waals surface area contributed by atoms with Gasteiger partial charge >= 0.3 is 0 Å². The monoisotopic (exact) mass is 286 g/mol. The molecule has 0 radical (unpaired) electrons. The summed E-state index contributed by atoms with van der Waals surface area (Å²) in [6.07, 6.45) is 2.19. The number of carbonyl (C=O) groups excluding carboxylic acids is 1. The fourth-order valence-corrected chi connectivity index (χ4v) is 4.10. The van der Waals surface area contributed by atoms with Crippen LogP contribution >= 0.6 is 11.8 Å². The molecule has 5 nitrogen and oxygen atoms in total. The van der Waals surface area contributed by atoms with Crippen LogP contribution in [-0.4, -0.2) is 42.6 Å². The third-order valence-corrected chi connectivity index (χ3v) is 5.30. The van der Waals surface area contributed by atoms with Crippen molar-refractivity contribution in [2.24, 2.45) is 0 Å². The summed E-state index contributed by atoms with van der Waals surface area (Å²) in [5.41, 5.74) is 0. The molecule has 1 aromatic heterocycles. The summed E-state index contributed by atoms with van der Waals surface area (Å²) in [7, 11) is -2.94. The van der Waals surface area contributed by atoms with Gasteiger partial charge in [0.05, 0.1) is 22.3 Å². The number of sulfone groups is 1. The van der Waals surface area contributed by atoms with Gasteiger partial charge in [-0.25, -0.2) is 13.4 Å². The van der Waals surface area contributed by atoms with Crippen molar-refractivity contribution >= 4 is 27.5 Å². The Balaban J connectivity index is 1.76. The SMILES string of the molecule is O=C(CSc1ccccn1)NC1CCS(=O)(=O)C1. The first kappa shape index (κ1) is 13.4. The third kappa shape index (κ3) is 3.99. The highest BCUT2D eigenvalue weighted by Gasteiger charge is 2.28. The first-order valence-electron chi connectivity index (χ1n) is 5.59. The summed E-state index contributed by atoms with van der Waals surface area (Å²) in [6.45, 7) is 0. The number of thioether (sulfide) groups is 1. The van der Waals surface area contributed by atoms with Gasteiger partial charge in [-0.1, -0.05) is 17.8 Å². The minimum Gasteiger partial charge on any atom is -0.352 e. The molecular formula is C11H14N2O3S2. The van der Waals surface area contributed by atoms with Crippen LogP contribution in [0.2, 0.25) is 0 Å². The van der Waals surface area contributed by atoms with E-state index < -0.39 is 9.84 Å². The van der Waals surface area contributed by atoms with E-state index in [1.165, 1.54) is 11.8 Å². The van der Waals surface area contributed by atoms with E-state index in [1.807, 2.05) is 18.2 Å². The Morgan fingerprint density at radius 1 is 1.50 bits per heavy atom. The molecule has 18 heavy (non-hydrogen) atoms. The summed E-state index contributed by atoms with van der Waals surface area (Å²) in [4.78, 5) is 15.7. The molecule has 0 saturated carbocycles. The molecule has 0 bridgehead atoms. The molecule has 1 aliphatic heterocycles. The first-order valence-corrected chi connectivity index (χ1v) is 8.39. The topological polar surface area (TPSA) is 76.1 Å². The van der Waals surface area contributed by atoms with Gasteiger partial charge in [-0.05, 0) is 18.6 Å². The van der Waals surface area contributed by atoms with Crippen LogP contribution in [0.4, 0.5) is 0 Å². The number of hydrogen-bond acceptors (Lipinski definition) is 5. The maximum absolute atomic E-state index is 11.6. The van der Waals surface area contributed by atoms with E-state index >= 15 is 0 Å². The highest BCUT2D eigenvalue weighted by Crippen LogP contribution is 2.15. The Bertz CT molecular complexity index is 516. The Labute approximate surface area is 110 Å². The molecule has 1 aromatic rings. The van der Waals surface area contributed by atoms with Crippen LogP contribution in [-0.2, 0) is 14.6 Å². The molecule has 1 aliphatic rings. The predicted octanol–water partition coefficient (Wildman–Crippen LogP) is 0.477. The van der Waals surface area contributed by atoms with Gasteiger partial charge in [-0.15, -0.1) is 0 Å². The lowest BCUT2D eigenvalue weighted by Gasteiger charge is -2.10. The van der Waals surface area contributed by atoms with Crippen molar-refractivity contribution < 1.29 is 13.2 Å². The van der Waals surface area contributed by atoms with Gasteiger partial charge in [0.15, 0.2) is 9.84 Å². The van der Waals surface area contributed by atoms with Crippen LogP contribution in [0, 0.1) is 0 Å². The quantitative estimate of drug-likeness (QED) is 0.815. The first-order chi connectivity index (χ1) is 8.55. The molecule has 98 valence electrons. The van der Waals surface area contributed by atoms with Gasteiger partial charge in [0, 0.05) is 12.2 Å². The number of aromatic nitrogens is 1. The summed E-state index contributed by atoms with van der Waals surface area (Å²) in [6, 6.07) is 5.27. The molecule has 1 saturated heterocycles. The number of nitrogens with zero attached hydrogens (tertiary/aromatic N) is 1. The average Bonchev–Trinajstić information content (AvgIpc) is 2.67. The van der Waals surface area contributed by atoms with E-state index in [9.17, 15) is 13.2 Å². The van der Waals surface area contributed by atoms with Gasteiger partial charge in [0.25, 0.3) is 0 Å². The van der Waals surface area contributed by atoms with Gasteiger partial charge in [-0.2, -0.15) is 0 Å². The molecular weight excluding hydrogens is 272 g/mol. The largest absolute Gasteiger partial charge is 0.352 e. The second-order valence-electron chi connectivity index (χ2n) is 4.12. The molecule has 2 rings (SSSR count). The molecule has 1 N–H and O–H groups in total. The van der Waals surface area contributed by atoms with Crippen molar-refractivity contribution in [3.05, 3.63) is 24.4 Å². The Morgan fingerprint density at radius 3 is 2.94 bits per heavy atom. The van der Waals surface area contributed by atoms with Crippen LogP contribution in [0.15, 0.2) is 29.4 Å². The standard InChI is InChI=1S/C11H14N2O3S2/c14-10(7-17-11-3-1-2-5-12-11)13-9-4-6-18(15,16)8-9/h1-3,5,9H,4,6-8H2,(H,13,14). The van der Waals surface area contributed by atoms with Crippen molar-refractivity contribution in [2.75, 3.05) is 17.3 Å². The van der Waals surface area contributed by atoms with Crippen molar-refractivity contribution in [3.8, 4) is 0 Å². The lowest BCUT2D eigenvalue weighted by molar-refractivity contribution is -0.119. The smallest absolute Gasteiger partial charge is 0.230 e. The molecule has 1 atom stereocenters. The van der Waals surface area contributed by atoms with Crippen molar-refractivity contribution in [3.63, 3.8) is 0 Å².